The first-order valence-electron chi connectivity index (χ1n) is 7.15. The Hall–Kier alpha value is -0.120. The van der Waals surface area contributed by atoms with E-state index in [9.17, 15) is 0 Å². The molecular weight excluding hydrogens is 212 g/mol. The van der Waals surface area contributed by atoms with Crippen LogP contribution in [0.25, 0.3) is 0 Å². The summed E-state index contributed by atoms with van der Waals surface area (Å²) in [7, 11) is 0. The van der Waals surface area contributed by atoms with Crippen molar-refractivity contribution >= 4 is 0 Å². The van der Waals surface area contributed by atoms with Gasteiger partial charge in [-0.25, -0.2) is 0 Å². The van der Waals surface area contributed by atoms with Crippen LogP contribution in [-0.2, 0) is 4.74 Å². The van der Waals surface area contributed by atoms with Crippen molar-refractivity contribution in [2.24, 2.45) is 17.6 Å². The summed E-state index contributed by atoms with van der Waals surface area (Å²) < 4.78 is 5.70. The fourth-order valence-corrected chi connectivity index (χ4v) is 2.81. The quantitative estimate of drug-likeness (QED) is 0.743. The van der Waals surface area contributed by atoms with E-state index >= 15 is 0 Å². The number of rotatable bonds is 7. The van der Waals surface area contributed by atoms with Crippen molar-refractivity contribution in [3.8, 4) is 0 Å². The fourth-order valence-electron chi connectivity index (χ4n) is 2.81. The lowest BCUT2D eigenvalue weighted by Crippen LogP contribution is -2.39. The highest BCUT2D eigenvalue weighted by molar-refractivity contribution is 4.74. The number of likely N-dealkylation sites (tertiary alicyclic amines) is 1. The largest absolute Gasteiger partial charge is 0.377 e. The summed E-state index contributed by atoms with van der Waals surface area (Å²) in [5.41, 5.74) is 5.45. The van der Waals surface area contributed by atoms with E-state index in [-0.39, 0.29) is 0 Å². The average Bonchev–Trinajstić information content (AvgIpc) is 2.27. The van der Waals surface area contributed by atoms with Crippen molar-refractivity contribution in [3.63, 3.8) is 0 Å². The van der Waals surface area contributed by atoms with E-state index in [2.05, 4.69) is 25.7 Å². The van der Waals surface area contributed by atoms with Crippen molar-refractivity contribution in [3.05, 3.63) is 0 Å². The second kappa shape index (κ2) is 8.06. The van der Waals surface area contributed by atoms with Crippen LogP contribution in [0.4, 0.5) is 0 Å². The van der Waals surface area contributed by atoms with Crippen LogP contribution in [0.5, 0.6) is 0 Å². The van der Waals surface area contributed by atoms with E-state index in [4.69, 9.17) is 10.5 Å². The third-order valence-corrected chi connectivity index (χ3v) is 3.45. The fraction of sp³-hybridized carbons (Fsp3) is 1.00. The summed E-state index contributed by atoms with van der Waals surface area (Å²) in [6.07, 6.45) is 4.14. The second-order valence-corrected chi connectivity index (χ2v) is 5.89. The van der Waals surface area contributed by atoms with Gasteiger partial charge in [-0.15, -0.1) is 0 Å². The van der Waals surface area contributed by atoms with Crippen molar-refractivity contribution in [1.29, 1.82) is 0 Å². The van der Waals surface area contributed by atoms with Gasteiger partial charge in [0.25, 0.3) is 0 Å². The van der Waals surface area contributed by atoms with Gasteiger partial charge < -0.3 is 15.4 Å². The Bertz CT molecular complexity index is 189. The van der Waals surface area contributed by atoms with Gasteiger partial charge in [-0.3, -0.25) is 0 Å². The van der Waals surface area contributed by atoms with E-state index in [1.807, 2.05) is 0 Å². The smallest absolute Gasteiger partial charge is 0.0600 e. The van der Waals surface area contributed by atoms with E-state index in [0.717, 1.165) is 11.8 Å². The Morgan fingerprint density at radius 3 is 2.41 bits per heavy atom. The minimum Gasteiger partial charge on any atom is -0.377 e. The zero-order chi connectivity index (χ0) is 12.7. The summed E-state index contributed by atoms with van der Waals surface area (Å²) in [5, 5.41) is 0. The molecule has 0 aromatic carbocycles. The normalized spacial score (nSPS) is 21.0. The minimum atomic E-state index is 0.454. The Morgan fingerprint density at radius 1 is 1.24 bits per heavy atom. The van der Waals surface area contributed by atoms with E-state index in [0.29, 0.717) is 19.3 Å². The van der Waals surface area contributed by atoms with Gasteiger partial charge in [0.15, 0.2) is 0 Å². The zero-order valence-electron chi connectivity index (χ0n) is 11.8. The van der Waals surface area contributed by atoms with Gasteiger partial charge in [0.05, 0.1) is 12.7 Å². The number of nitrogens with zero attached hydrogens (tertiary/aromatic N) is 1. The molecule has 0 spiro atoms. The van der Waals surface area contributed by atoms with Crippen LogP contribution in [0, 0.1) is 11.8 Å². The summed E-state index contributed by atoms with van der Waals surface area (Å²) in [6, 6.07) is 0. The molecule has 0 aromatic heterocycles. The first kappa shape index (κ1) is 14.9. The molecule has 1 atom stereocenters. The van der Waals surface area contributed by atoms with Gasteiger partial charge in [-0.2, -0.15) is 0 Å². The second-order valence-electron chi connectivity index (χ2n) is 5.89. The summed E-state index contributed by atoms with van der Waals surface area (Å²) in [6.45, 7) is 12.0. The van der Waals surface area contributed by atoms with Crippen LogP contribution in [0.15, 0.2) is 0 Å². The molecule has 0 radical (unpaired) electrons. The molecule has 2 N–H and O–H groups in total. The minimum absolute atomic E-state index is 0.454. The van der Waals surface area contributed by atoms with Crippen molar-refractivity contribution in [2.45, 2.75) is 46.1 Å². The van der Waals surface area contributed by atoms with Crippen molar-refractivity contribution < 1.29 is 4.74 Å². The molecule has 0 bridgehead atoms. The maximum Gasteiger partial charge on any atom is 0.0600 e. The molecule has 1 unspecified atom stereocenters. The van der Waals surface area contributed by atoms with Gasteiger partial charge in [-0.1, -0.05) is 20.8 Å². The molecule has 17 heavy (non-hydrogen) atoms. The SMILES string of the molecule is CC(C)CC(C)CN1CCC(OCCN)CC1. The van der Waals surface area contributed by atoms with E-state index in [1.165, 1.54) is 38.9 Å². The Balaban J connectivity index is 2.14. The third-order valence-electron chi connectivity index (χ3n) is 3.45. The highest BCUT2D eigenvalue weighted by Gasteiger charge is 2.20. The monoisotopic (exact) mass is 242 g/mol. The van der Waals surface area contributed by atoms with Crippen LogP contribution in [0.1, 0.15) is 40.0 Å². The first-order valence-corrected chi connectivity index (χ1v) is 7.15. The highest BCUT2D eigenvalue weighted by Crippen LogP contribution is 2.17. The summed E-state index contributed by atoms with van der Waals surface area (Å²) >= 11 is 0. The molecule has 1 heterocycles. The first-order chi connectivity index (χ1) is 8.11. The topological polar surface area (TPSA) is 38.5 Å². The molecule has 0 amide bonds. The number of hydrogen-bond acceptors (Lipinski definition) is 3. The van der Waals surface area contributed by atoms with Gasteiger partial charge in [0.1, 0.15) is 0 Å². The molecule has 1 aliphatic rings. The lowest BCUT2D eigenvalue weighted by atomic mass is 9.97. The van der Waals surface area contributed by atoms with E-state index in [1.54, 1.807) is 0 Å². The standard InChI is InChI=1S/C14H30N2O/c1-12(2)10-13(3)11-16-7-4-14(5-8-16)17-9-6-15/h12-14H,4-11,15H2,1-3H3. The molecular formula is C14H30N2O. The molecule has 1 aliphatic heterocycles. The number of hydrogen-bond donors (Lipinski definition) is 1. The van der Waals surface area contributed by atoms with Gasteiger partial charge in [-0.05, 0) is 31.1 Å². The van der Waals surface area contributed by atoms with Gasteiger partial charge >= 0.3 is 0 Å². The van der Waals surface area contributed by atoms with Crippen molar-refractivity contribution in [2.75, 3.05) is 32.8 Å². The third kappa shape index (κ3) is 6.39. The maximum absolute atomic E-state index is 5.70. The van der Waals surface area contributed by atoms with Gasteiger partial charge in [0.2, 0.25) is 0 Å². The van der Waals surface area contributed by atoms with Crippen LogP contribution >= 0.6 is 0 Å². The number of nitrogens with two attached hydrogens (primary N) is 1. The Kier molecular flexibility index (Phi) is 7.09. The average molecular weight is 242 g/mol. The lowest BCUT2D eigenvalue weighted by molar-refractivity contribution is 0.00834. The van der Waals surface area contributed by atoms with Gasteiger partial charge in [0, 0.05) is 26.2 Å². The highest BCUT2D eigenvalue weighted by atomic mass is 16.5. The lowest BCUT2D eigenvalue weighted by Gasteiger charge is -2.33. The predicted molar refractivity (Wildman–Crippen MR) is 73.1 cm³/mol. The predicted octanol–water partition coefficient (Wildman–Crippen LogP) is 2.11. The maximum atomic E-state index is 5.70. The zero-order valence-corrected chi connectivity index (χ0v) is 11.8. The van der Waals surface area contributed by atoms with Crippen LogP contribution in [0.2, 0.25) is 0 Å². The number of piperidine rings is 1. The van der Waals surface area contributed by atoms with Crippen LogP contribution in [-0.4, -0.2) is 43.8 Å². The number of ether oxygens (including phenoxy) is 1. The van der Waals surface area contributed by atoms with Crippen LogP contribution < -0.4 is 5.73 Å². The molecule has 1 saturated heterocycles. The van der Waals surface area contributed by atoms with E-state index < -0.39 is 0 Å². The molecule has 3 heteroatoms. The molecule has 0 aliphatic carbocycles. The van der Waals surface area contributed by atoms with Crippen molar-refractivity contribution in [1.82, 2.24) is 4.90 Å². The molecule has 1 fully saturated rings. The Labute approximate surface area is 107 Å². The molecule has 3 nitrogen and oxygen atoms in total. The molecule has 1 rings (SSSR count). The Morgan fingerprint density at radius 2 is 1.88 bits per heavy atom. The van der Waals surface area contributed by atoms with Crippen LogP contribution in [0.3, 0.4) is 0 Å². The summed E-state index contributed by atoms with van der Waals surface area (Å²) in [5.74, 6) is 1.63. The summed E-state index contributed by atoms with van der Waals surface area (Å²) in [4.78, 5) is 2.59. The molecule has 0 aromatic rings. The molecule has 102 valence electrons. The molecule has 0 saturated carbocycles.